The van der Waals surface area contributed by atoms with Gasteiger partial charge in [0.05, 0.1) is 24.5 Å². The van der Waals surface area contributed by atoms with Crippen LogP contribution in [0.25, 0.3) is 0 Å². The van der Waals surface area contributed by atoms with E-state index < -0.39 is 8.07 Å². The maximum Gasteiger partial charge on any atom is 0.337 e. The van der Waals surface area contributed by atoms with E-state index in [0.29, 0.717) is 23.8 Å². The van der Waals surface area contributed by atoms with Gasteiger partial charge in [0, 0.05) is 0 Å². The number of benzene rings is 2. The van der Waals surface area contributed by atoms with E-state index in [-0.39, 0.29) is 11.9 Å². The topological polar surface area (TPSA) is 52.6 Å². The van der Waals surface area contributed by atoms with Crippen molar-refractivity contribution in [3.05, 3.63) is 83.1 Å². The molecule has 2 rings (SSSR count). The summed E-state index contributed by atoms with van der Waals surface area (Å²) in [5, 5.41) is 0. The molecule has 0 N–H and O–H groups in total. The Labute approximate surface area is 155 Å². The summed E-state index contributed by atoms with van der Waals surface area (Å²) >= 11 is 0. The van der Waals surface area contributed by atoms with Gasteiger partial charge in [-0.25, -0.2) is 9.59 Å². The lowest BCUT2D eigenvalue weighted by molar-refractivity contribution is 0.0564. The molecule has 0 spiro atoms. The number of esters is 2. The van der Waals surface area contributed by atoms with Crippen LogP contribution in [0.1, 0.15) is 31.8 Å². The molecule has 4 nitrogen and oxygen atoms in total. The third-order valence-corrected chi connectivity index (χ3v) is 6.09. The third kappa shape index (κ3) is 5.42. The fourth-order valence-corrected chi connectivity index (χ4v) is 2.89. The van der Waals surface area contributed by atoms with Crippen molar-refractivity contribution in [2.45, 2.75) is 19.5 Å². The van der Waals surface area contributed by atoms with Gasteiger partial charge in [-0.1, -0.05) is 43.1 Å². The molecule has 5 heteroatoms. The Balaban J connectivity index is 1.97. The summed E-state index contributed by atoms with van der Waals surface area (Å²) in [4.78, 5) is 23.6. The molecule has 2 aromatic rings. The predicted octanol–water partition coefficient (Wildman–Crippen LogP) is 4.19. The highest BCUT2D eigenvalue weighted by atomic mass is 28.3. The first-order chi connectivity index (χ1) is 12.3. The second-order valence-corrected chi connectivity index (χ2v) is 11.5. The van der Waals surface area contributed by atoms with E-state index in [1.807, 2.05) is 30.0 Å². The lowest BCUT2D eigenvalue weighted by Crippen LogP contribution is -2.31. The first-order valence-corrected chi connectivity index (χ1v) is 11.7. The van der Waals surface area contributed by atoms with Crippen LogP contribution in [0.2, 0.25) is 13.1 Å². The van der Waals surface area contributed by atoms with Crippen molar-refractivity contribution in [1.29, 1.82) is 0 Å². The highest BCUT2D eigenvalue weighted by molar-refractivity contribution is 6.82. The van der Waals surface area contributed by atoms with Gasteiger partial charge in [0.1, 0.15) is 8.07 Å². The highest BCUT2D eigenvalue weighted by Gasteiger charge is 2.19. The number of carbonyl (C=O) groups is 2. The van der Waals surface area contributed by atoms with Gasteiger partial charge in [-0.2, -0.15) is 0 Å². The zero-order valence-corrected chi connectivity index (χ0v) is 16.5. The second-order valence-electron chi connectivity index (χ2n) is 6.83. The van der Waals surface area contributed by atoms with E-state index in [2.05, 4.69) is 19.7 Å². The zero-order chi connectivity index (χ0) is 19.2. The van der Waals surface area contributed by atoms with E-state index in [1.165, 1.54) is 7.11 Å². The fourth-order valence-electron chi connectivity index (χ4n) is 2.26. The minimum Gasteiger partial charge on any atom is -0.465 e. The Bertz CT molecular complexity index is 777. The first kappa shape index (κ1) is 19.7. The molecule has 0 saturated heterocycles. The Morgan fingerprint density at radius 3 is 1.81 bits per heavy atom. The van der Waals surface area contributed by atoms with Gasteiger partial charge in [-0.3, -0.25) is 0 Å². The molecule has 0 aliphatic rings. The number of hydrogen-bond acceptors (Lipinski definition) is 4. The largest absolute Gasteiger partial charge is 0.465 e. The minimum atomic E-state index is -1.66. The molecule has 0 unspecified atom stereocenters. The Morgan fingerprint density at radius 1 is 0.923 bits per heavy atom. The lowest BCUT2D eigenvalue weighted by Gasteiger charge is -2.16. The number of rotatable bonds is 7. The van der Waals surface area contributed by atoms with Gasteiger partial charge in [0.25, 0.3) is 0 Å². The van der Waals surface area contributed by atoms with Gasteiger partial charge in [0.2, 0.25) is 0 Å². The molecule has 2 aromatic carbocycles. The van der Waals surface area contributed by atoms with Crippen molar-refractivity contribution in [1.82, 2.24) is 0 Å². The second kappa shape index (κ2) is 8.63. The molecule has 136 valence electrons. The van der Waals surface area contributed by atoms with Crippen molar-refractivity contribution in [2.75, 3.05) is 13.3 Å². The molecule has 0 radical (unpaired) electrons. The number of methoxy groups -OCH3 is 1. The third-order valence-electron chi connectivity index (χ3n) is 4.10. The van der Waals surface area contributed by atoms with Crippen LogP contribution in [-0.2, 0) is 15.9 Å². The summed E-state index contributed by atoms with van der Waals surface area (Å²) < 4.78 is 10.1. The number of ether oxygens (including phenoxy) is 2. The van der Waals surface area contributed by atoms with Crippen molar-refractivity contribution < 1.29 is 19.1 Å². The van der Waals surface area contributed by atoms with Crippen LogP contribution in [0.3, 0.4) is 0 Å². The van der Waals surface area contributed by atoms with Gasteiger partial charge in [0.15, 0.2) is 0 Å². The van der Waals surface area contributed by atoms with Crippen LogP contribution in [0, 0.1) is 0 Å². The molecule has 0 aliphatic heterocycles. The van der Waals surface area contributed by atoms with E-state index in [1.54, 1.807) is 24.3 Å². The van der Waals surface area contributed by atoms with E-state index in [9.17, 15) is 9.59 Å². The average Bonchev–Trinajstić information content (AvgIpc) is 2.66. The highest BCUT2D eigenvalue weighted by Crippen LogP contribution is 2.14. The average molecular weight is 369 g/mol. The Morgan fingerprint density at radius 2 is 1.38 bits per heavy atom. The molecule has 0 saturated carbocycles. The van der Waals surface area contributed by atoms with Crippen molar-refractivity contribution in [3.63, 3.8) is 0 Å². The molecule has 0 heterocycles. The molecule has 0 atom stereocenters. The van der Waals surface area contributed by atoms with Crippen LogP contribution in [0.15, 0.2) is 60.8 Å². The van der Waals surface area contributed by atoms with Crippen LogP contribution >= 0.6 is 0 Å². The molecular weight excluding hydrogens is 344 g/mol. The monoisotopic (exact) mass is 368 g/mol. The standard InChI is InChI=1S/C21H24O4Si/c1-5-26(3,4)15-25-21(23)19-12-8-17(9-13-19)14-16-6-10-18(11-7-16)20(22)24-2/h5-13H,1,14-15H2,2-4H3. The quantitative estimate of drug-likeness (QED) is 0.543. The summed E-state index contributed by atoms with van der Waals surface area (Å²) in [5.41, 5.74) is 5.14. The maximum atomic E-state index is 12.1. The summed E-state index contributed by atoms with van der Waals surface area (Å²) in [5.74, 6) is -0.650. The Hall–Kier alpha value is -2.66. The summed E-state index contributed by atoms with van der Waals surface area (Å²) in [7, 11) is -0.298. The normalized spacial score (nSPS) is 10.9. The summed E-state index contributed by atoms with van der Waals surface area (Å²) in [6, 6.07) is 14.7. The van der Waals surface area contributed by atoms with E-state index in [4.69, 9.17) is 9.47 Å². The van der Waals surface area contributed by atoms with Crippen molar-refractivity contribution >= 4 is 20.0 Å². The molecule has 0 aliphatic carbocycles. The van der Waals surface area contributed by atoms with Crippen LogP contribution in [0.5, 0.6) is 0 Å². The van der Waals surface area contributed by atoms with Gasteiger partial charge >= 0.3 is 11.9 Å². The number of hydrogen-bond donors (Lipinski definition) is 0. The molecule has 0 amide bonds. The summed E-state index contributed by atoms with van der Waals surface area (Å²) in [6.07, 6.45) is 1.15. The lowest BCUT2D eigenvalue weighted by atomic mass is 10.0. The van der Waals surface area contributed by atoms with Crippen molar-refractivity contribution in [3.8, 4) is 0 Å². The molecule has 0 bridgehead atoms. The Kier molecular flexibility index (Phi) is 6.52. The zero-order valence-electron chi connectivity index (χ0n) is 15.5. The SMILES string of the molecule is C=C[Si](C)(C)COC(=O)c1ccc(Cc2ccc(C(=O)OC)cc2)cc1. The fraction of sp³-hybridized carbons (Fsp3) is 0.238. The first-order valence-electron chi connectivity index (χ1n) is 8.41. The van der Waals surface area contributed by atoms with E-state index in [0.717, 1.165) is 11.1 Å². The molecular formula is C21H24O4Si. The minimum absolute atomic E-state index is 0.304. The summed E-state index contributed by atoms with van der Waals surface area (Å²) in [6.45, 7) is 8.00. The molecule has 0 aromatic heterocycles. The number of carbonyl (C=O) groups excluding carboxylic acids is 2. The smallest absolute Gasteiger partial charge is 0.337 e. The van der Waals surface area contributed by atoms with Gasteiger partial charge < -0.3 is 9.47 Å². The van der Waals surface area contributed by atoms with Crippen LogP contribution < -0.4 is 0 Å². The van der Waals surface area contributed by atoms with Crippen LogP contribution in [-0.4, -0.2) is 33.4 Å². The predicted molar refractivity (Wildman–Crippen MR) is 105 cm³/mol. The maximum absolute atomic E-state index is 12.1. The molecule has 26 heavy (non-hydrogen) atoms. The van der Waals surface area contributed by atoms with Gasteiger partial charge in [-0.15, -0.1) is 6.58 Å². The molecule has 0 fully saturated rings. The van der Waals surface area contributed by atoms with Gasteiger partial charge in [-0.05, 0) is 41.8 Å². The van der Waals surface area contributed by atoms with E-state index >= 15 is 0 Å². The van der Waals surface area contributed by atoms with Crippen LogP contribution in [0.4, 0.5) is 0 Å². The van der Waals surface area contributed by atoms with Crippen molar-refractivity contribution in [2.24, 2.45) is 0 Å².